The molecular formula is C17H21N3O. The smallest absolute Gasteiger partial charge is 0.255 e. The third kappa shape index (κ3) is 3.67. The van der Waals surface area contributed by atoms with E-state index in [2.05, 4.69) is 4.98 Å². The predicted octanol–water partition coefficient (Wildman–Crippen LogP) is 2.43. The van der Waals surface area contributed by atoms with Crippen LogP contribution >= 0.6 is 0 Å². The van der Waals surface area contributed by atoms with Gasteiger partial charge in [-0.15, -0.1) is 0 Å². The first-order valence-corrected chi connectivity index (χ1v) is 6.99. The minimum absolute atomic E-state index is 0.0112. The molecule has 0 saturated heterocycles. The normalized spacial score (nSPS) is 10.5. The molecule has 0 unspecified atom stereocenters. The van der Waals surface area contributed by atoms with Gasteiger partial charge in [-0.25, -0.2) is 0 Å². The maximum absolute atomic E-state index is 12.5. The molecule has 0 spiro atoms. The lowest BCUT2D eigenvalue weighted by Crippen LogP contribution is -2.27. The number of nitrogens with two attached hydrogens (primary N) is 1. The van der Waals surface area contributed by atoms with E-state index in [1.54, 1.807) is 11.9 Å². The molecule has 1 aromatic carbocycles. The van der Waals surface area contributed by atoms with Crippen molar-refractivity contribution in [3.63, 3.8) is 0 Å². The number of nitrogens with zero attached hydrogens (tertiary/aromatic N) is 2. The van der Waals surface area contributed by atoms with Crippen LogP contribution in [0.5, 0.6) is 0 Å². The van der Waals surface area contributed by atoms with Crippen LogP contribution in [0.1, 0.15) is 32.9 Å². The summed E-state index contributed by atoms with van der Waals surface area (Å²) in [5.74, 6) is -0.0112. The topological polar surface area (TPSA) is 59.2 Å². The zero-order valence-corrected chi connectivity index (χ0v) is 12.8. The highest BCUT2D eigenvalue weighted by Gasteiger charge is 2.15. The van der Waals surface area contributed by atoms with Crippen molar-refractivity contribution in [2.24, 2.45) is 5.73 Å². The summed E-state index contributed by atoms with van der Waals surface area (Å²) in [5, 5.41) is 0. The fourth-order valence-electron chi connectivity index (χ4n) is 2.24. The summed E-state index contributed by atoms with van der Waals surface area (Å²) >= 11 is 0. The van der Waals surface area contributed by atoms with Crippen LogP contribution in [-0.4, -0.2) is 22.8 Å². The number of hydrogen-bond donors (Lipinski definition) is 1. The Morgan fingerprint density at radius 2 is 1.71 bits per heavy atom. The minimum atomic E-state index is -0.0112. The molecule has 0 atom stereocenters. The molecule has 4 heteroatoms. The first kappa shape index (κ1) is 15.2. The molecule has 2 N–H and O–H groups in total. The number of rotatable bonds is 4. The number of hydrogen-bond acceptors (Lipinski definition) is 3. The molecule has 0 aliphatic rings. The zero-order chi connectivity index (χ0) is 15.4. The van der Waals surface area contributed by atoms with E-state index in [4.69, 9.17) is 5.73 Å². The highest BCUT2D eigenvalue weighted by molar-refractivity contribution is 5.95. The average molecular weight is 283 g/mol. The Labute approximate surface area is 125 Å². The van der Waals surface area contributed by atoms with Crippen LogP contribution in [0.2, 0.25) is 0 Å². The van der Waals surface area contributed by atoms with E-state index in [9.17, 15) is 4.79 Å². The number of carbonyl (C=O) groups excluding carboxylic acids is 1. The lowest BCUT2D eigenvalue weighted by molar-refractivity contribution is 0.0784. The largest absolute Gasteiger partial charge is 0.337 e. The molecule has 21 heavy (non-hydrogen) atoms. The van der Waals surface area contributed by atoms with Crippen LogP contribution in [0.15, 0.2) is 36.4 Å². The van der Waals surface area contributed by atoms with Crippen LogP contribution in [0.3, 0.4) is 0 Å². The summed E-state index contributed by atoms with van der Waals surface area (Å²) in [6, 6.07) is 11.7. The van der Waals surface area contributed by atoms with Gasteiger partial charge in [0.15, 0.2) is 0 Å². The zero-order valence-electron chi connectivity index (χ0n) is 12.8. The third-order valence-corrected chi connectivity index (χ3v) is 3.48. The Kier molecular flexibility index (Phi) is 4.70. The monoisotopic (exact) mass is 283 g/mol. The number of aryl methyl sites for hydroxylation is 2. The van der Waals surface area contributed by atoms with Gasteiger partial charge < -0.3 is 10.6 Å². The Balaban J connectivity index is 2.11. The van der Waals surface area contributed by atoms with E-state index in [-0.39, 0.29) is 5.91 Å². The average Bonchev–Trinajstić information content (AvgIpc) is 2.47. The fraction of sp³-hybridized carbons (Fsp3) is 0.294. The Morgan fingerprint density at radius 1 is 1.10 bits per heavy atom. The third-order valence-electron chi connectivity index (χ3n) is 3.48. The minimum Gasteiger partial charge on any atom is -0.337 e. The summed E-state index contributed by atoms with van der Waals surface area (Å²) < 4.78 is 0. The quantitative estimate of drug-likeness (QED) is 0.937. The molecule has 1 aromatic heterocycles. The number of carbonyl (C=O) groups is 1. The van der Waals surface area contributed by atoms with Crippen LogP contribution in [0, 0.1) is 13.8 Å². The molecule has 1 amide bonds. The van der Waals surface area contributed by atoms with Gasteiger partial charge in [-0.1, -0.05) is 24.3 Å². The molecule has 2 aromatic rings. The molecule has 0 fully saturated rings. The first-order chi connectivity index (χ1) is 10.0. The van der Waals surface area contributed by atoms with Gasteiger partial charge in [-0.3, -0.25) is 9.78 Å². The van der Waals surface area contributed by atoms with Crippen LogP contribution < -0.4 is 5.73 Å². The van der Waals surface area contributed by atoms with Crippen molar-refractivity contribution in [2.75, 3.05) is 7.05 Å². The van der Waals surface area contributed by atoms with Gasteiger partial charge in [0, 0.05) is 25.8 Å². The number of aromatic nitrogens is 1. The molecule has 0 aliphatic heterocycles. The molecule has 4 nitrogen and oxygen atoms in total. The summed E-state index contributed by atoms with van der Waals surface area (Å²) in [7, 11) is 1.80. The number of amides is 1. The van der Waals surface area contributed by atoms with Crippen molar-refractivity contribution in [1.29, 1.82) is 0 Å². The van der Waals surface area contributed by atoms with Gasteiger partial charge in [0.05, 0.1) is 11.3 Å². The maximum Gasteiger partial charge on any atom is 0.255 e. The summed E-state index contributed by atoms with van der Waals surface area (Å²) in [4.78, 5) is 18.5. The summed E-state index contributed by atoms with van der Waals surface area (Å²) in [6.45, 7) is 4.88. The Hall–Kier alpha value is -2.20. The standard InChI is InChI=1S/C17H21N3O/c1-12-4-9-16(13(2)19-12)17(21)20(3)11-15-7-5-14(10-18)6-8-15/h4-9H,10-11,18H2,1-3H3. The van der Waals surface area contributed by atoms with Crippen molar-refractivity contribution in [3.8, 4) is 0 Å². The summed E-state index contributed by atoms with van der Waals surface area (Å²) in [6.07, 6.45) is 0. The second-order valence-electron chi connectivity index (χ2n) is 5.27. The number of benzene rings is 1. The lowest BCUT2D eigenvalue weighted by Gasteiger charge is -2.18. The van der Waals surface area contributed by atoms with Gasteiger partial charge in [0.2, 0.25) is 0 Å². The van der Waals surface area contributed by atoms with E-state index < -0.39 is 0 Å². The second kappa shape index (κ2) is 6.50. The van der Waals surface area contributed by atoms with Gasteiger partial charge in [-0.2, -0.15) is 0 Å². The van der Waals surface area contributed by atoms with Gasteiger partial charge in [0.1, 0.15) is 0 Å². The molecule has 0 bridgehead atoms. The predicted molar refractivity (Wildman–Crippen MR) is 83.8 cm³/mol. The van der Waals surface area contributed by atoms with E-state index in [1.165, 1.54) is 0 Å². The van der Waals surface area contributed by atoms with Gasteiger partial charge in [0.25, 0.3) is 5.91 Å². The highest BCUT2D eigenvalue weighted by atomic mass is 16.2. The van der Waals surface area contributed by atoms with Crippen molar-refractivity contribution in [1.82, 2.24) is 9.88 Å². The molecule has 0 radical (unpaired) electrons. The fourth-order valence-corrected chi connectivity index (χ4v) is 2.24. The van der Waals surface area contributed by atoms with Crippen molar-refractivity contribution in [3.05, 3.63) is 64.5 Å². The van der Waals surface area contributed by atoms with E-state index in [0.29, 0.717) is 18.7 Å². The Bertz CT molecular complexity index is 635. The van der Waals surface area contributed by atoms with Gasteiger partial charge in [-0.05, 0) is 37.1 Å². The summed E-state index contributed by atoms with van der Waals surface area (Å²) in [5.41, 5.74) is 10.1. The van der Waals surface area contributed by atoms with Crippen molar-refractivity contribution < 1.29 is 4.79 Å². The Morgan fingerprint density at radius 3 is 2.29 bits per heavy atom. The first-order valence-electron chi connectivity index (χ1n) is 6.99. The van der Waals surface area contributed by atoms with Gasteiger partial charge >= 0.3 is 0 Å². The highest BCUT2D eigenvalue weighted by Crippen LogP contribution is 2.12. The van der Waals surface area contributed by atoms with Crippen LogP contribution in [0.4, 0.5) is 0 Å². The maximum atomic E-state index is 12.5. The molecular weight excluding hydrogens is 262 g/mol. The van der Waals surface area contributed by atoms with E-state index in [0.717, 1.165) is 22.5 Å². The molecule has 1 heterocycles. The molecule has 110 valence electrons. The SMILES string of the molecule is Cc1ccc(C(=O)N(C)Cc2ccc(CN)cc2)c(C)n1. The molecule has 0 saturated carbocycles. The van der Waals surface area contributed by atoms with E-state index >= 15 is 0 Å². The molecule has 0 aliphatic carbocycles. The second-order valence-corrected chi connectivity index (χ2v) is 5.27. The lowest BCUT2D eigenvalue weighted by atomic mass is 10.1. The van der Waals surface area contributed by atoms with Crippen LogP contribution in [-0.2, 0) is 13.1 Å². The molecule has 2 rings (SSSR count). The number of pyridine rings is 1. The van der Waals surface area contributed by atoms with Crippen molar-refractivity contribution >= 4 is 5.91 Å². The van der Waals surface area contributed by atoms with E-state index in [1.807, 2.05) is 50.2 Å². The van der Waals surface area contributed by atoms with Crippen LogP contribution in [0.25, 0.3) is 0 Å². The van der Waals surface area contributed by atoms with Crippen molar-refractivity contribution in [2.45, 2.75) is 26.9 Å².